The lowest BCUT2D eigenvalue weighted by molar-refractivity contribution is 0.0904. The highest BCUT2D eigenvalue weighted by molar-refractivity contribution is 5.74. The fraction of sp³-hybridized carbons (Fsp3) is 0.588. The third-order valence-electron chi connectivity index (χ3n) is 4.13. The Morgan fingerprint density at radius 1 is 1.17 bits per heavy atom. The molecular weight excluding hydrogens is 316 g/mol. The smallest absolute Gasteiger partial charge is 0.317 e. The molecule has 0 bridgehead atoms. The number of carbonyl (C=O) groups is 1. The maximum absolute atomic E-state index is 12.4. The number of rotatable bonds is 6. The van der Waals surface area contributed by atoms with Gasteiger partial charge in [0.1, 0.15) is 5.75 Å². The van der Waals surface area contributed by atoms with Crippen molar-refractivity contribution in [3.63, 3.8) is 0 Å². The molecule has 7 heteroatoms. The lowest BCUT2D eigenvalue weighted by atomic mass is 10.1. The molecule has 1 fully saturated rings. The minimum atomic E-state index is -2.33. The van der Waals surface area contributed by atoms with E-state index in [0.29, 0.717) is 39.1 Å². The minimum absolute atomic E-state index is 0.125. The zero-order valence-electron chi connectivity index (χ0n) is 13.8. The summed E-state index contributed by atoms with van der Waals surface area (Å²) in [6.45, 7) is 2.53. The maximum atomic E-state index is 12.4. The maximum Gasteiger partial charge on any atom is 0.317 e. The molecule has 1 aromatic rings. The quantitative estimate of drug-likeness (QED) is 0.781. The van der Waals surface area contributed by atoms with E-state index in [4.69, 9.17) is 0 Å². The molecule has 1 aliphatic heterocycles. The molecule has 24 heavy (non-hydrogen) atoms. The number of alkyl halides is 2. The molecule has 2 amide bonds. The van der Waals surface area contributed by atoms with Crippen LogP contribution in [0.2, 0.25) is 0 Å². The SMILES string of the molecule is O=C(NCCCc1ccc(O)cc1)N1CCCN(CC(F)F)CC1. The van der Waals surface area contributed by atoms with Crippen LogP contribution in [0.5, 0.6) is 5.75 Å². The Hall–Kier alpha value is -1.89. The highest BCUT2D eigenvalue weighted by Crippen LogP contribution is 2.11. The summed E-state index contributed by atoms with van der Waals surface area (Å²) >= 11 is 0. The molecule has 134 valence electrons. The van der Waals surface area contributed by atoms with Crippen molar-refractivity contribution < 1.29 is 18.7 Å². The number of aryl methyl sites for hydroxylation is 1. The Morgan fingerprint density at radius 3 is 2.62 bits per heavy atom. The van der Waals surface area contributed by atoms with E-state index in [1.807, 2.05) is 12.1 Å². The van der Waals surface area contributed by atoms with Gasteiger partial charge < -0.3 is 15.3 Å². The van der Waals surface area contributed by atoms with E-state index in [-0.39, 0.29) is 18.3 Å². The number of hydrogen-bond acceptors (Lipinski definition) is 3. The van der Waals surface area contributed by atoms with Gasteiger partial charge in [-0.3, -0.25) is 4.90 Å². The third kappa shape index (κ3) is 6.31. The standard InChI is InChI=1S/C17H25F2N3O2/c18-16(19)13-21-9-2-10-22(12-11-21)17(24)20-8-1-3-14-4-6-15(23)7-5-14/h4-7,16,23H,1-3,8-13H2,(H,20,24). The second-order valence-electron chi connectivity index (χ2n) is 6.03. The molecule has 0 saturated carbocycles. The fourth-order valence-electron chi connectivity index (χ4n) is 2.81. The van der Waals surface area contributed by atoms with Crippen molar-refractivity contribution in [3.05, 3.63) is 29.8 Å². The number of nitrogens with zero attached hydrogens (tertiary/aromatic N) is 2. The van der Waals surface area contributed by atoms with Crippen LogP contribution < -0.4 is 5.32 Å². The second kappa shape index (κ2) is 9.42. The van der Waals surface area contributed by atoms with E-state index >= 15 is 0 Å². The first-order valence-electron chi connectivity index (χ1n) is 8.36. The topological polar surface area (TPSA) is 55.8 Å². The Bertz CT molecular complexity index is 511. The summed E-state index contributed by atoms with van der Waals surface area (Å²) in [5.74, 6) is 0.245. The van der Waals surface area contributed by atoms with Crippen LogP contribution in [0.3, 0.4) is 0 Å². The Kier molecular flexibility index (Phi) is 7.24. The first kappa shape index (κ1) is 18.4. The van der Waals surface area contributed by atoms with Crippen molar-refractivity contribution in [1.82, 2.24) is 15.1 Å². The van der Waals surface area contributed by atoms with E-state index < -0.39 is 6.43 Å². The van der Waals surface area contributed by atoms with Gasteiger partial charge in [0.2, 0.25) is 0 Å². The lowest BCUT2D eigenvalue weighted by Gasteiger charge is -2.22. The van der Waals surface area contributed by atoms with Crippen LogP contribution in [-0.2, 0) is 6.42 Å². The zero-order valence-corrected chi connectivity index (χ0v) is 13.8. The molecule has 1 aliphatic rings. The van der Waals surface area contributed by atoms with Gasteiger partial charge >= 0.3 is 6.03 Å². The summed E-state index contributed by atoms with van der Waals surface area (Å²) in [5, 5.41) is 12.1. The summed E-state index contributed by atoms with van der Waals surface area (Å²) in [4.78, 5) is 15.6. The molecule has 0 aromatic heterocycles. The van der Waals surface area contributed by atoms with Gasteiger partial charge in [-0.1, -0.05) is 12.1 Å². The van der Waals surface area contributed by atoms with E-state index in [0.717, 1.165) is 18.4 Å². The van der Waals surface area contributed by atoms with Crippen molar-refractivity contribution in [2.75, 3.05) is 39.3 Å². The molecule has 2 N–H and O–H groups in total. The average molecular weight is 341 g/mol. The summed E-state index contributed by atoms with van der Waals surface area (Å²) in [7, 11) is 0. The number of amides is 2. The van der Waals surface area contributed by atoms with Crippen LogP contribution in [0.1, 0.15) is 18.4 Å². The highest BCUT2D eigenvalue weighted by Gasteiger charge is 2.20. The predicted molar refractivity (Wildman–Crippen MR) is 88.5 cm³/mol. The first-order chi connectivity index (χ1) is 11.5. The molecule has 5 nitrogen and oxygen atoms in total. The van der Waals surface area contributed by atoms with Crippen LogP contribution in [0.4, 0.5) is 13.6 Å². The van der Waals surface area contributed by atoms with Gasteiger partial charge in [0.25, 0.3) is 6.43 Å². The fourth-order valence-corrected chi connectivity index (χ4v) is 2.81. The molecule has 0 spiro atoms. The monoisotopic (exact) mass is 341 g/mol. The number of phenols is 1. The Balaban J connectivity index is 1.66. The molecule has 2 rings (SSSR count). The van der Waals surface area contributed by atoms with Crippen molar-refractivity contribution >= 4 is 6.03 Å². The van der Waals surface area contributed by atoms with Gasteiger partial charge in [-0.2, -0.15) is 0 Å². The zero-order chi connectivity index (χ0) is 17.4. The molecule has 0 unspecified atom stereocenters. The summed E-state index contributed by atoms with van der Waals surface area (Å²) < 4.78 is 24.9. The number of carbonyl (C=O) groups excluding carboxylic acids is 1. The van der Waals surface area contributed by atoms with Gasteiger partial charge in [0, 0.05) is 32.7 Å². The number of phenolic OH excluding ortho intramolecular Hbond substituents is 1. The second-order valence-corrected chi connectivity index (χ2v) is 6.03. The molecule has 0 radical (unpaired) electrons. The van der Waals surface area contributed by atoms with Crippen molar-refractivity contribution in [2.24, 2.45) is 0 Å². The number of aromatic hydroxyl groups is 1. The minimum Gasteiger partial charge on any atom is -0.508 e. The number of urea groups is 1. The molecular formula is C17H25F2N3O2. The highest BCUT2D eigenvalue weighted by atomic mass is 19.3. The molecule has 1 aromatic carbocycles. The van der Waals surface area contributed by atoms with Crippen molar-refractivity contribution in [2.45, 2.75) is 25.7 Å². The number of halogens is 2. The van der Waals surface area contributed by atoms with Crippen molar-refractivity contribution in [3.8, 4) is 5.75 Å². The Labute approximate surface area is 141 Å². The lowest BCUT2D eigenvalue weighted by Crippen LogP contribution is -2.42. The number of nitrogens with one attached hydrogen (secondary N) is 1. The van der Waals surface area contributed by atoms with Crippen molar-refractivity contribution in [1.29, 1.82) is 0 Å². The molecule has 0 aliphatic carbocycles. The van der Waals surface area contributed by atoms with Gasteiger partial charge in [-0.15, -0.1) is 0 Å². The summed E-state index contributed by atoms with van der Waals surface area (Å²) in [5.41, 5.74) is 1.11. The van der Waals surface area contributed by atoms with Gasteiger partial charge in [-0.05, 0) is 37.0 Å². The molecule has 1 saturated heterocycles. The summed E-state index contributed by atoms with van der Waals surface area (Å²) in [6.07, 6.45) is 0.0170. The molecule has 1 heterocycles. The van der Waals surface area contributed by atoms with E-state index in [1.54, 1.807) is 21.9 Å². The summed E-state index contributed by atoms with van der Waals surface area (Å²) in [6, 6.07) is 6.90. The van der Waals surface area contributed by atoms with Crippen LogP contribution in [0, 0.1) is 0 Å². The van der Waals surface area contributed by atoms with Gasteiger partial charge in [0.05, 0.1) is 6.54 Å². The van der Waals surface area contributed by atoms with E-state index in [2.05, 4.69) is 5.32 Å². The average Bonchev–Trinajstić information content (AvgIpc) is 2.78. The first-order valence-corrected chi connectivity index (χ1v) is 8.36. The van der Waals surface area contributed by atoms with Gasteiger partial charge in [0.15, 0.2) is 0 Å². The third-order valence-corrected chi connectivity index (χ3v) is 4.13. The largest absolute Gasteiger partial charge is 0.508 e. The number of hydrogen-bond donors (Lipinski definition) is 2. The van der Waals surface area contributed by atoms with Crippen LogP contribution in [0.25, 0.3) is 0 Å². The van der Waals surface area contributed by atoms with Crippen LogP contribution in [0.15, 0.2) is 24.3 Å². The predicted octanol–water partition coefficient (Wildman–Crippen LogP) is 2.31. The normalized spacial score (nSPS) is 16.2. The van der Waals surface area contributed by atoms with Gasteiger partial charge in [-0.25, -0.2) is 13.6 Å². The number of benzene rings is 1. The van der Waals surface area contributed by atoms with Crippen LogP contribution >= 0.6 is 0 Å². The van der Waals surface area contributed by atoms with E-state index in [9.17, 15) is 18.7 Å². The molecule has 0 atom stereocenters. The Morgan fingerprint density at radius 2 is 1.92 bits per heavy atom. The van der Waals surface area contributed by atoms with E-state index in [1.165, 1.54) is 0 Å². The van der Waals surface area contributed by atoms with Crippen LogP contribution in [-0.4, -0.2) is 66.6 Å².